The normalized spacial score (nSPS) is 10.8. The third-order valence-electron chi connectivity index (χ3n) is 2.87. The Morgan fingerprint density at radius 1 is 1.21 bits per heavy atom. The Morgan fingerprint density at radius 2 is 2.05 bits per heavy atom. The number of pyridine rings is 1. The quantitative estimate of drug-likeness (QED) is 0.757. The van der Waals surface area contributed by atoms with E-state index in [4.69, 9.17) is 5.11 Å². The number of rotatable bonds is 2. The van der Waals surface area contributed by atoms with E-state index in [9.17, 15) is 4.79 Å². The van der Waals surface area contributed by atoms with Crippen LogP contribution in [0.5, 0.6) is 0 Å². The number of benzene rings is 1. The molecule has 3 aromatic rings. The van der Waals surface area contributed by atoms with Gasteiger partial charge in [0.2, 0.25) is 0 Å². The maximum absolute atomic E-state index is 10.8. The molecule has 1 aromatic carbocycles. The molecular formula is C14H9BrN2O2. The molecule has 0 spiro atoms. The number of carboxylic acid groups (broad SMARTS) is 1. The van der Waals surface area contributed by atoms with Crippen LogP contribution in [-0.2, 0) is 0 Å². The number of carboxylic acids is 1. The molecule has 2 heterocycles. The predicted octanol–water partition coefficient (Wildman–Crippen LogP) is 3.69. The fourth-order valence-corrected chi connectivity index (χ4v) is 2.28. The lowest BCUT2D eigenvalue weighted by atomic mass is 10.2. The summed E-state index contributed by atoms with van der Waals surface area (Å²) in [4.78, 5) is 18.2. The number of hydrogen-bond acceptors (Lipinski definition) is 2. The minimum absolute atomic E-state index is 0.183. The predicted molar refractivity (Wildman–Crippen MR) is 76.2 cm³/mol. The Labute approximate surface area is 117 Å². The second-order valence-corrected chi connectivity index (χ2v) is 5.07. The molecule has 0 unspecified atom stereocenters. The third kappa shape index (κ3) is 2.24. The number of hydrogen-bond donors (Lipinski definition) is 2. The van der Waals surface area contributed by atoms with Crippen LogP contribution in [0.2, 0.25) is 0 Å². The van der Waals surface area contributed by atoms with Crippen LogP contribution in [0, 0.1) is 0 Å². The summed E-state index contributed by atoms with van der Waals surface area (Å²) in [6.45, 7) is 0. The van der Waals surface area contributed by atoms with E-state index in [0.29, 0.717) is 0 Å². The monoisotopic (exact) mass is 316 g/mol. The molecular weight excluding hydrogens is 308 g/mol. The van der Waals surface area contributed by atoms with Crippen molar-refractivity contribution in [2.75, 3.05) is 0 Å². The van der Waals surface area contributed by atoms with Gasteiger partial charge in [-0.25, -0.2) is 4.79 Å². The molecule has 0 saturated carbocycles. The molecule has 5 heteroatoms. The van der Waals surface area contributed by atoms with Gasteiger partial charge in [0.1, 0.15) is 0 Å². The van der Waals surface area contributed by atoms with Crippen molar-refractivity contribution in [2.24, 2.45) is 0 Å². The smallest absolute Gasteiger partial charge is 0.337 e. The van der Waals surface area contributed by atoms with Gasteiger partial charge in [-0.1, -0.05) is 22.0 Å². The minimum Gasteiger partial charge on any atom is -0.478 e. The van der Waals surface area contributed by atoms with Gasteiger partial charge in [-0.15, -0.1) is 0 Å². The first-order valence-corrected chi connectivity index (χ1v) is 6.41. The lowest BCUT2D eigenvalue weighted by molar-refractivity contribution is 0.0696. The number of nitrogens with one attached hydrogen (secondary N) is 1. The Morgan fingerprint density at radius 3 is 2.74 bits per heavy atom. The topological polar surface area (TPSA) is 66.0 Å². The summed E-state index contributed by atoms with van der Waals surface area (Å²) in [5.41, 5.74) is 2.78. The van der Waals surface area contributed by atoms with Gasteiger partial charge < -0.3 is 10.1 Å². The second-order valence-electron chi connectivity index (χ2n) is 4.15. The Balaban J connectivity index is 2.06. The fraction of sp³-hybridized carbons (Fsp3) is 0. The van der Waals surface area contributed by atoms with Gasteiger partial charge in [0.25, 0.3) is 0 Å². The van der Waals surface area contributed by atoms with Crippen LogP contribution in [0.25, 0.3) is 22.3 Å². The molecule has 94 valence electrons. The number of fused-ring (bicyclic) bond motifs is 1. The summed E-state index contributed by atoms with van der Waals surface area (Å²) in [6, 6.07) is 11.2. The van der Waals surface area contributed by atoms with Crippen LogP contribution in [0.4, 0.5) is 0 Å². The third-order valence-corrected chi connectivity index (χ3v) is 3.36. The zero-order valence-corrected chi connectivity index (χ0v) is 11.3. The van der Waals surface area contributed by atoms with Gasteiger partial charge in [-0.05, 0) is 30.3 Å². The fourth-order valence-electron chi connectivity index (χ4n) is 1.92. The number of aromatic amines is 1. The second kappa shape index (κ2) is 4.51. The van der Waals surface area contributed by atoms with E-state index in [-0.39, 0.29) is 5.56 Å². The molecule has 0 saturated heterocycles. The van der Waals surface area contributed by atoms with E-state index in [1.54, 1.807) is 12.1 Å². The molecule has 4 nitrogen and oxygen atoms in total. The first-order valence-electron chi connectivity index (χ1n) is 5.61. The maximum Gasteiger partial charge on any atom is 0.337 e. The van der Waals surface area contributed by atoms with Gasteiger partial charge in [0, 0.05) is 21.6 Å². The van der Waals surface area contributed by atoms with Gasteiger partial charge in [0.15, 0.2) is 0 Å². The molecule has 0 bridgehead atoms. The summed E-state index contributed by atoms with van der Waals surface area (Å²) in [5, 5.41) is 9.92. The van der Waals surface area contributed by atoms with Crippen molar-refractivity contribution < 1.29 is 9.90 Å². The summed E-state index contributed by atoms with van der Waals surface area (Å²) in [7, 11) is 0. The van der Waals surface area contributed by atoms with Crippen molar-refractivity contribution in [3.05, 3.63) is 52.6 Å². The molecule has 2 N–H and O–H groups in total. The highest BCUT2D eigenvalue weighted by Crippen LogP contribution is 2.25. The van der Waals surface area contributed by atoms with Gasteiger partial charge in [-0.3, -0.25) is 4.98 Å². The largest absolute Gasteiger partial charge is 0.478 e. The van der Waals surface area contributed by atoms with Crippen molar-refractivity contribution in [1.29, 1.82) is 0 Å². The molecule has 0 aliphatic carbocycles. The molecule has 2 aromatic heterocycles. The maximum atomic E-state index is 10.8. The van der Waals surface area contributed by atoms with Crippen molar-refractivity contribution in [2.45, 2.75) is 0 Å². The van der Waals surface area contributed by atoms with E-state index in [0.717, 1.165) is 26.8 Å². The summed E-state index contributed by atoms with van der Waals surface area (Å²) < 4.78 is 1.00. The molecule has 0 aliphatic heterocycles. The Kier molecular flexibility index (Phi) is 2.83. The highest BCUT2D eigenvalue weighted by molar-refractivity contribution is 9.10. The number of H-pyrrole nitrogens is 1. The number of nitrogens with zero attached hydrogens (tertiary/aromatic N) is 1. The Hall–Kier alpha value is -2.14. The average molecular weight is 317 g/mol. The lowest BCUT2D eigenvalue weighted by Gasteiger charge is -1.97. The molecule has 0 fully saturated rings. The van der Waals surface area contributed by atoms with Gasteiger partial charge in [0.05, 0.1) is 17.0 Å². The van der Waals surface area contributed by atoms with Crippen molar-refractivity contribution >= 4 is 32.8 Å². The summed E-state index contributed by atoms with van der Waals surface area (Å²) >= 11 is 3.42. The lowest BCUT2D eigenvalue weighted by Crippen LogP contribution is -1.97. The van der Waals surface area contributed by atoms with Crippen LogP contribution in [-0.4, -0.2) is 21.0 Å². The van der Waals surface area contributed by atoms with E-state index in [2.05, 4.69) is 25.9 Å². The average Bonchev–Trinajstić information content (AvgIpc) is 2.81. The molecule has 19 heavy (non-hydrogen) atoms. The number of aromatic nitrogens is 2. The molecule has 0 aliphatic rings. The van der Waals surface area contributed by atoms with Crippen molar-refractivity contribution in [1.82, 2.24) is 9.97 Å². The van der Waals surface area contributed by atoms with Gasteiger partial charge >= 0.3 is 5.97 Å². The molecule has 0 atom stereocenters. The van der Waals surface area contributed by atoms with Crippen LogP contribution < -0.4 is 0 Å². The molecule has 0 amide bonds. The van der Waals surface area contributed by atoms with E-state index in [1.807, 2.05) is 24.3 Å². The van der Waals surface area contributed by atoms with Crippen LogP contribution in [0.15, 0.2) is 47.1 Å². The van der Waals surface area contributed by atoms with E-state index in [1.165, 1.54) is 6.20 Å². The zero-order chi connectivity index (χ0) is 13.4. The van der Waals surface area contributed by atoms with Crippen molar-refractivity contribution in [3.63, 3.8) is 0 Å². The molecule has 0 radical (unpaired) electrons. The highest BCUT2D eigenvalue weighted by Gasteiger charge is 2.07. The summed E-state index contributed by atoms with van der Waals surface area (Å²) in [5.74, 6) is -0.973. The zero-order valence-electron chi connectivity index (χ0n) is 9.72. The highest BCUT2D eigenvalue weighted by atomic mass is 79.9. The van der Waals surface area contributed by atoms with Crippen LogP contribution >= 0.6 is 15.9 Å². The SMILES string of the molecule is O=C(O)c1ccc(-c2cc3ccc(Br)cc3[nH]2)nc1. The first kappa shape index (κ1) is 11.9. The first-order chi connectivity index (χ1) is 9.13. The molecule has 3 rings (SSSR count). The van der Waals surface area contributed by atoms with Crippen LogP contribution in [0.1, 0.15) is 10.4 Å². The van der Waals surface area contributed by atoms with Gasteiger partial charge in [-0.2, -0.15) is 0 Å². The minimum atomic E-state index is -0.973. The van der Waals surface area contributed by atoms with Crippen LogP contribution in [0.3, 0.4) is 0 Å². The standard InChI is InChI=1S/C14H9BrN2O2/c15-10-3-1-8-5-13(17-12(8)6-10)11-4-2-9(7-16-11)14(18)19/h1-7,17H,(H,18,19). The van der Waals surface area contributed by atoms with E-state index < -0.39 is 5.97 Å². The number of halogens is 1. The van der Waals surface area contributed by atoms with Crippen molar-refractivity contribution in [3.8, 4) is 11.4 Å². The summed E-state index contributed by atoms with van der Waals surface area (Å²) in [6.07, 6.45) is 1.36. The van der Waals surface area contributed by atoms with E-state index >= 15 is 0 Å². The number of carbonyl (C=O) groups is 1. The number of aromatic carboxylic acids is 1. The Bertz CT molecular complexity index is 763.